The predicted octanol–water partition coefficient (Wildman–Crippen LogP) is 5.83. The van der Waals surface area contributed by atoms with Crippen molar-refractivity contribution in [1.82, 2.24) is 4.98 Å². The van der Waals surface area contributed by atoms with Crippen LogP contribution in [0.4, 0.5) is 10.1 Å². The number of anilines is 1. The van der Waals surface area contributed by atoms with Gasteiger partial charge in [-0.1, -0.05) is 23.9 Å². The van der Waals surface area contributed by atoms with E-state index >= 15 is 0 Å². The van der Waals surface area contributed by atoms with E-state index in [4.69, 9.17) is 0 Å². The molecule has 0 fully saturated rings. The van der Waals surface area contributed by atoms with E-state index in [1.165, 1.54) is 35.2 Å². The number of hydrogen-bond acceptors (Lipinski definition) is 4. The maximum atomic E-state index is 13.0. The summed E-state index contributed by atoms with van der Waals surface area (Å²) in [6.45, 7) is 1.84. The standard InChI is InChI=1S/C18H14BrFN2OS2/c1-11(17(23)21-15-5-3-2-4-14(15)19)25-18-22-16(10-24-18)12-6-8-13(20)9-7-12/h2-11H,1H3,(H,21,23). The van der Waals surface area contributed by atoms with E-state index in [1.807, 2.05) is 36.6 Å². The van der Waals surface area contributed by atoms with E-state index < -0.39 is 0 Å². The number of rotatable bonds is 5. The zero-order valence-corrected chi connectivity index (χ0v) is 16.4. The summed E-state index contributed by atoms with van der Waals surface area (Å²) in [5.41, 5.74) is 2.38. The molecule has 128 valence electrons. The van der Waals surface area contributed by atoms with Crippen LogP contribution in [0.1, 0.15) is 6.92 Å². The molecule has 3 rings (SSSR count). The number of amides is 1. The number of thiazole rings is 1. The average Bonchev–Trinajstić information content (AvgIpc) is 3.06. The van der Waals surface area contributed by atoms with Gasteiger partial charge in [0.15, 0.2) is 4.34 Å². The molecule has 2 aromatic carbocycles. The van der Waals surface area contributed by atoms with E-state index in [-0.39, 0.29) is 17.0 Å². The number of nitrogens with zero attached hydrogens (tertiary/aromatic N) is 1. The van der Waals surface area contributed by atoms with Crippen LogP contribution in [-0.4, -0.2) is 16.1 Å². The molecule has 0 aliphatic rings. The second-order valence-corrected chi connectivity index (χ2v) is 8.54. The minimum absolute atomic E-state index is 0.0876. The second-order valence-electron chi connectivity index (χ2n) is 5.23. The van der Waals surface area contributed by atoms with Gasteiger partial charge in [0.1, 0.15) is 5.82 Å². The van der Waals surface area contributed by atoms with Crippen LogP contribution in [-0.2, 0) is 4.79 Å². The monoisotopic (exact) mass is 436 g/mol. The summed E-state index contributed by atoms with van der Waals surface area (Å²) in [5, 5.41) is 4.52. The molecule has 1 heterocycles. The average molecular weight is 437 g/mol. The fraction of sp³-hybridized carbons (Fsp3) is 0.111. The number of para-hydroxylation sites is 1. The summed E-state index contributed by atoms with van der Waals surface area (Å²) in [4.78, 5) is 16.9. The first-order valence-corrected chi connectivity index (χ1v) is 10.0. The predicted molar refractivity (Wildman–Crippen MR) is 106 cm³/mol. The molecule has 0 radical (unpaired) electrons. The summed E-state index contributed by atoms with van der Waals surface area (Å²) in [6.07, 6.45) is 0. The summed E-state index contributed by atoms with van der Waals surface area (Å²) in [6, 6.07) is 13.7. The lowest BCUT2D eigenvalue weighted by atomic mass is 10.2. The van der Waals surface area contributed by atoms with Crippen LogP contribution in [0.2, 0.25) is 0 Å². The molecule has 7 heteroatoms. The molecule has 25 heavy (non-hydrogen) atoms. The van der Waals surface area contributed by atoms with Gasteiger partial charge >= 0.3 is 0 Å². The Morgan fingerprint density at radius 1 is 1.24 bits per heavy atom. The Morgan fingerprint density at radius 2 is 1.96 bits per heavy atom. The number of nitrogens with one attached hydrogen (secondary N) is 1. The summed E-state index contributed by atoms with van der Waals surface area (Å²) < 4.78 is 14.6. The van der Waals surface area contributed by atoms with Crippen molar-refractivity contribution in [2.75, 3.05) is 5.32 Å². The Kier molecular flexibility index (Phi) is 5.88. The normalized spacial score (nSPS) is 12.0. The van der Waals surface area contributed by atoms with Gasteiger partial charge in [0.05, 0.1) is 16.6 Å². The zero-order valence-electron chi connectivity index (χ0n) is 13.2. The topological polar surface area (TPSA) is 42.0 Å². The fourth-order valence-electron chi connectivity index (χ4n) is 2.07. The number of carbonyl (C=O) groups is 1. The van der Waals surface area contributed by atoms with E-state index in [1.54, 1.807) is 12.1 Å². The van der Waals surface area contributed by atoms with E-state index in [0.29, 0.717) is 0 Å². The van der Waals surface area contributed by atoms with Crippen molar-refractivity contribution in [1.29, 1.82) is 0 Å². The number of aromatic nitrogens is 1. The molecular formula is C18H14BrFN2OS2. The maximum absolute atomic E-state index is 13.0. The highest BCUT2D eigenvalue weighted by Gasteiger charge is 2.17. The van der Waals surface area contributed by atoms with Crippen molar-refractivity contribution < 1.29 is 9.18 Å². The first-order valence-electron chi connectivity index (χ1n) is 7.46. The van der Waals surface area contributed by atoms with Crippen molar-refractivity contribution in [2.24, 2.45) is 0 Å². The van der Waals surface area contributed by atoms with Gasteiger partial charge in [-0.2, -0.15) is 0 Å². The Hall–Kier alpha value is -1.70. The molecule has 3 nitrogen and oxygen atoms in total. The Balaban J connectivity index is 1.65. The van der Waals surface area contributed by atoms with Gasteiger partial charge < -0.3 is 5.32 Å². The smallest absolute Gasteiger partial charge is 0.237 e. The molecule has 0 spiro atoms. The van der Waals surface area contributed by atoms with Gasteiger partial charge in [-0.25, -0.2) is 9.37 Å². The molecule has 0 bridgehead atoms. The third kappa shape index (κ3) is 4.68. The van der Waals surface area contributed by atoms with Crippen LogP contribution in [0.5, 0.6) is 0 Å². The molecular weight excluding hydrogens is 423 g/mol. The van der Waals surface area contributed by atoms with Crippen LogP contribution in [0.15, 0.2) is 62.7 Å². The first kappa shape index (κ1) is 18.1. The molecule has 0 aliphatic heterocycles. The second kappa shape index (κ2) is 8.12. The number of carbonyl (C=O) groups excluding carboxylic acids is 1. The lowest BCUT2D eigenvalue weighted by Crippen LogP contribution is -2.22. The molecule has 0 saturated carbocycles. The van der Waals surface area contributed by atoms with Gasteiger partial charge in [0.25, 0.3) is 0 Å². The van der Waals surface area contributed by atoms with Crippen LogP contribution in [0, 0.1) is 5.82 Å². The van der Waals surface area contributed by atoms with Gasteiger partial charge in [-0.3, -0.25) is 4.79 Å². The van der Waals surface area contributed by atoms with Crippen molar-refractivity contribution in [3.63, 3.8) is 0 Å². The molecule has 0 saturated heterocycles. The lowest BCUT2D eigenvalue weighted by molar-refractivity contribution is -0.115. The molecule has 1 unspecified atom stereocenters. The van der Waals surface area contributed by atoms with Gasteiger partial charge in [-0.15, -0.1) is 11.3 Å². The molecule has 1 aromatic heterocycles. The number of thioether (sulfide) groups is 1. The van der Waals surface area contributed by atoms with E-state index in [9.17, 15) is 9.18 Å². The van der Waals surface area contributed by atoms with Gasteiger partial charge in [-0.05, 0) is 59.3 Å². The highest BCUT2D eigenvalue weighted by Crippen LogP contribution is 2.31. The first-order chi connectivity index (χ1) is 12.0. The van der Waals surface area contributed by atoms with Crippen molar-refractivity contribution in [3.05, 3.63) is 64.2 Å². The van der Waals surface area contributed by atoms with Crippen molar-refractivity contribution >= 4 is 50.6 Å². The summed E-state index contributed by atoms with van der Waals surface area (Å²) >= 11 is 6.29. The quantitative estimate of drug-likeness (QED) is 0.511. The summed E-state index contributed by atoms with van der Waals surface area (Å²) in [5.74, 6) is -0.360. The van der Waals surface area contributed by atoms with Crippen LogP contribution >= 0.6 is 39.0 Å². The van der Waals surface area contributed by atoms with Crippen molar-refractivity contribution in [2.45, 2.75) is 16.5 Å². The minimum atomic E-state index is -0.292. The highest BCUT2D eigenvalue weighted by molar-refractivity contribution is 9.10. The number of benzene rings is 2. The maximum Gasteiger partial charge on any atom is 0.237 e. The largest absolute Gasteiger partial charge is 0.324 e. The van der Waals surface area contributed by atoms with Crippen molar-refractivity contribution in [3.8, 4) is 11.3 Å². The van der Waals surface area contributed by atoms with Crippen LogP contribution in [0.25, 0.3) is 11.3 Å². The number of hydrogen-bond donors (Lipinski definition) is 1. The Labute approximate surface area is 161 Å². The van der Waals surface area contributed by atoms with E-state index in [2.05, 4.69) is 26.2 Å². The molecule has 1 atom stereocenters. The summed E-state index contributed by atoms with van der Waals surface area (Å²) in [7, 11) is 0. The SMILES string of the molecule is CC(Sc1nc(-c2ccc(F)cc2)cs1)C(=O)Nc1ccccc1Br. The van der Waals surface area contributed by atoms with Gasteiger partial charge in [0, 0.05) is 15.4 Å². The third-order valence-electron chi connectivity index (χ3n) is 3.40. The van der Waals surface area contributed by atoms with Crippen LogP contribution in [0.3, 0.4) is 0 Å². The van der Waals surface area contributed by atoms with Gasteiger partial charge in [0.2, 0.25) is 5.91 Å². The zero-order chi connectivity index (χ0) is 17.8. The fourth-order valence-corrected chi connectivity index (χ4v) is 4.42. The Bertz CT molecular complexity index is 883. The van der Waals surface area contributed by atoms with E-state index in [0.717, 1.165) is 25.8 Å². The molecule has 1 amide bonds. The molecule has 1 N–H and O–H groups in total. The molecule has 0 aliphatic carbocycles. The third-order valence-corrected chi connectivity index (χ3v) is 6.17. The minimum Gasteiger partial charge on any atom is -0.324 e. The lowest BCUT2D eigenvalue weighted by Gasteiger charge is -2.11. The molecule has 3 aromatic rings. The number of halogens is 2. The van der Waals surface area contributed by atoms with Crippen LogP contribution < -0.4 is 5.32 Å². The highest BCUT2D eigenvalue weighted by atomic mass is 79.9. The Morgan fingerprint density at radius 3 is 2.68 bits per heavy atom.